The van der Waals surface area contributed by atoms with Gasteiger partial charge in [-0.15, -0.1) is 13.1 Å². The first-order chi connectivity index (χ1) is 7.92. The Kier molecular flexibility index (Phi) is 5.86. The largest absolute Gasteiger partial charge is 1.00 e. The SMILES string of the molecule is OC1(c2cccc(C(F)(F)F)c2)CC[N-]CC1.[K+]. The van der Waals surface area contributed by atoms with Crippen LogP contribution in [-0.4, -0.2) is 18.2 Å². The number of piperidine rings is 1. The minimum absolute atomic E-state index is 0. The van der Waals surface area contributed by atoms with Gasteiger partial charge in [0.1, 0.15) is 0 Å². The van der Waals surface area contributed by atoms with Crippen LogP contribution in [0.3, 0.4) is 0 Å². The third kappa shape index (κ3) is 3.78. The Bertz CT molecular complexity index is 403. The van der Waals surface area contributed by atoms with Gasteiger partial charge in [0.25, 0.3) is 0 Å². The van der Waals surface area contributed by atoms with E-state index in [2.05, 4.69) is 5.32 Å². The molecule has 2 nitrogen and oxygen atoms in total. The fourth-order valence-corrected chi connectivity index (χ4v) is 2.04. The number of rotatable bonds is 1. The molecule has 2 rings (SSSR count). The molecule has 0 bridgehead atoms. The van der Waals surface area contributed by atoms with Crippen LogP contribution in [0, 0.1) is 0 Å². The van der Waals surface area contributed by atoms with Gasteiger partial charge in [-0.2, -0.15) is 13.2 Å². The monoisotopic (exact) mass is 283 g/mol. The standard InChI is InChI=1S/C12H13F3NO.K/c13-12(14,15)10-3-1-2-9(8-10)11(17)4-6-16-7-5-11;/h1-3,8,17H,4-7H2;/q-1;+1. The molecule has 0 saturated carbocycles. The van der Waals surface area contributed by atoms with Crippen LogP contribution >= 0.6 is 0 Å². The van der Waals surface area contributed by atoms with Crippen LogP contribution in [0.2, 0.25) is 0 Å². The molecule has 94 valence electrons. The molecule has 0 unspecified atom stereocenters. The molecule has 0 spiro atoms. The molecule has 1 aliphatic rings. The molecule has 1 aromatic carbocycles. The predicted octanol–water partition coefficient (Wildman–Crippen LogP) is 0.0645. The quantitative estimate of drug-likeness (QED) is 0.727. The number of hydrogen-bond donors (Lipinski definition) is 1. The van der Waals surface area contributed by atoms with Crippen molar-refractivity contribution < 1.29 is 69.7 Å². The minimum Gasteiger partial charge on any atom is -0.662 e. The molecule has 0 radical (unpaired) electrons. The zero-order valence-corrected chi connectivity index (χ0v) is 13.3. The molecular formula is C12H13F3KNO. The summed E-state index contributed by atoms with van der Waals surface area (Å²) in [4.78, 5) is 0. The molecule has 6 heteroatoms. The van der Waals surface area contributed by atoms with Crippen LogP contribution in [-0.2, 0) is 11.8 Å². The molecule has 0 amide bonds. The van der Waals surface area contributed by atoms with Crippen LogP contribution in [0.15, 0.2) is 24.3 Å². The summed E-state index contributed by atoms with van der Waals surface area (Å²) in [6, 6.07) is 4.92. The van der Waals surface area contributed by atoms with E-state index in [1.54, 1.807) is 6.07 Å². The number of benzene rings is 1. The van der Waals surface area contributed by atoms with Gasteiger partial charge in [0, 0.05) is 0 Å². The Hall–Kier alpha value is 0.566. The van der Waals surface area contributed by atoms with Crippen molar-refractivity contribution in [2.45, 2.75) is 24.6 Å². The Morgan fingerprint density at radius 3 is 2.33 bits per heavy atom. The average Bonchev–Trinajstić information content (AvgIpc) is 2.29. The first kappa shape index (κ1) is 16.6. The third-order valence-corrected chi connectivity index (χ3v) is 3.09. The Morgan fingerprint density at radius 2 is 1.78 bits per heavy atom. The summed E-state index contributed by atoms with van der Waals surface area (Å²) in [5.74, 6) is 0. The first-order valence-corrected chi connectivity index (χ1v) is 5.45. The maximum absolute atomic E-state index is 12.6. The van der Waals surface area contributed by atoms with Gasteiger partial charge in [-0.05, 0) is 30.5 Å². The van der Waals surface area contributed by atoms with Crippen LogP contribution in [0.5, 0.6) is 0 Å². The molecule has 1 heterocycles. The van der Waals surface area contributed by atoms with Crippen molar-refractivity contribution in [2.75, 3.05) is 13.1 Å². The summed E-state index contributed by atoms with van der Waals surface area (Å²) in [6.07, 6.45) is -3.60. The van der Waals surface area contributed by atoms with E-state index >= 15 is 0 Å². The third-order valence-electron chi connectivity index (χ3n) is 3.09. The van der Waals surface area contributed by atoms with Crippen LogP contribution < -0.4 is 51.4 Å². The maximum Gasteiger partial charge on any atom is 1.00 e. The molecule has 1 aliphatic heterocycles. The van der Waals surface area contributed by atoms with Crippen molar-refractivity contribution in [3.63, 3.8) is 0 Å². The molecule has 1 N–H and O–H groups in total. The van der Waals surface area contributed by atoms with E-state index < -0.39 is 17.3 Å². The summed E-state index contributed by atoms with van der Waals surface area (Å²) in [5.41, 5.74) is -1.55. The fraction of sp³-hybridized carbons (Fsp3) is 0.500. The van der Waals surface area contributed by atoms with Crippen LogP contribution in [0.25, 0.3) is 5.32 Å². The van der Waals surface area contributed by atoms with Crippen LogP contribution in [0.4, 0.5) is 13.2 Å². The van der Waals surface area contributed by atoms with Gasteiger partial charge in [0.2, 0.25) is 0 Å². The molecule has 1 saturated heterocycles. The molecular weight excluding hydrogens is 270 g/mol. The second-order valence-electron chi connectivity index (χ2n) is 4.28. The second kappa shape index (κ2) is 6.34. The maximum atomic E-state index is 12.6. The number of alkyl halides is 3. The summed E-state index contributed by atoms with van der Waals surface area (Å²) >= 11 is 0. The van der Waals surface area contributed by atoms with Crippen molar-refractivity contribution in [3.8, 4) is 0 Å². The molecule has 0 aliphatic carbocycles. The summed E-state index contributed by atoms with van der Waals surface area (Å²) < 4.78 is 37.7. The van der Waals surface area contributed by atoms with Crippen molar-refractivity contribution in [1.82, 2.24) is 0 Å². The van der Waals surface area contributed by atoms with Crippen molar-refractivity contribution in [2.24, 2.45) is 0 Å². The van der Waals surface area contributed by atoms with Gasteiger partial charge in [0.05, 0.1) is 11.2 Å². The fourth-order valence-electron chi connectivity index (χ4n) is 2.04. The smallest absolute Gasteiger partial charge is 0.662 e. The molecule has 1 fully saturated rings. The van der Waals surface area contributed by atoms with E-state index in [4.69, 9.17) is 0 Å². The molecule has 0 aromatic heterocycles. The van der Waals surface area contributed by atoms with Gasteiger partial charge in [0.15, 0.2) is 0 Å². The number of hydrogen-bond acceptors (Lipinski definition) is 1. The van der Waals surface area contributed by atoms with Gasteiger partial charge in [-0.3, -0.25) is 0 Å². The summed E-state index contributed by atoms with van der Waals surface area (Å²) in [7, 11) is 0. The summed E-state index contributed by atoms with van der Waals surface area (Å²) in [6.45, 7) is 0.986. The zero-order chi connectivity index (χ0) is 12.5. The number of halogens is 3. The van der Waals surface area contributed by atoms with E-state index in [1.807, 2.05) is 0 Å². The zero-order valence-electron chi connectivity index (χ0n) is 10.2. The van der Waals surface area contributed by atoms with Gasteiger partial charge >= 0.3 is 57.6 Å². The Labute approximate surface area is 146 Å². The van der Waals surface area contributed by atoms with Gasteiger partial charge in [-0.1, -0.05) is 12.1 Å². The van der Waals surface area contributed by atoms with E-state index in [9.17, 15) is 18.3 Å². The Balaban J connectivity index is 0.00000162. The van der Waals surface area contributed by atoms with E-state index in [0.29, 0.717) is 31.5 Å². The van der Waals surface area contributed by atoms with Crippen LogP contribution in [0.1, 0.15) is 24.0 Å². The summed E-state index contributed by atoms with van der Waals surface area (Å²) in [5, 5.41) is 14.4. The van der Waals surface area contributed by atoms with Crippen molar-refractivity contribution in [1.29, 1.82) is 0 Å². The van der Waals surface area contributed by atoms with Crippen molar-refractivity contribution >= 4 is 0 Å². The van der Waals surface area contributed by atoms with Gasteiger partial charge < -0.3 is 10.4 Å². The topological polar surface area (TPSA) is 34.3 Å². The average molecular weight is 283 g/mol. The van der Waals surface area contributed by atoms with E-state index in [-0.39, 0.29) is 51.4 Å². The minimum atomic E-state index is -4.37. The second-order valence-corrected chi connectivity index (χ2v) is 4.28. The normalized spacial score (nSPS) is 19.1. The number of aliphatic hydroxyl groups is 1. The van der Waals surface area contributed by atoms with E-state index in [1.165, 1.54) is 6.07 Å². The predicted molar refractivity (Wildman–Crippen MR) is 57.7 cm³/mol. The molecule has 1 aromatic rings. The van der Waals surface area contributed by atoms with E-state index in [0.717, 1.165) is 12.1 Å². The van der Waals surface area contributed by atoms with Gasteiger partial charge in [-0.25, -0.2) is 0 Å². The number of nitrogens with zero attached hydrogens (tertiary/aromatic N) is 1. The Morgan fingerprint density at radius 1 is 1.17 bits per heavy atom. The molecule has 18 heavy (non-hydrogen) atoms. The first-order valence-electron chi connectivity index (χ1n) is 5.45. The van der Waals surface area contributed by atoms with Crippen molar-refractivity contribution in [3.05, 3.63) is 40.7 Å². The molecule has 0 atom stereocenters.